The second-order valence-corrected chi connectivity index (χ2v) is 5.87. The predicted molar refractivity (Wildman–Crippen MR) is 77.8 cm³/mol. The minimum Gasteiger partial charge on any atom is -0.480 e. The summed E-state index contributed by atoms with van der Waals surface area (Å²) in [6, 6.07) is -0.537. The van der Waals surface area contributed by atoms with E-state index in [2.05, 4.69) is 10.6 Å². The molecule has 1 aliphatic heterocycles. The standard InChI is InChI=1S/C14H25N3O4/c1-4-14(12(19)20)6-5-7-17(14)9-11(18)16-13(21)15-8-10(2)3/h10H,4-9H2,1-3H3,(H,19,20)(H2,15,16,18,21). The van der Waals surface area contributed by atoms with Gasteiger partial charge >= 0.3 is 12.0 Å². The molecule has 1 atom stereocenters. The van der Waals surface area contributed by atoms with Gasteiger partial charge < -0.3 is 10.4 Å². The monoisotopic (exact) mass is 299 g/mol. The number of likely N-dealkylation sites (tertiary alicyclic amines) is 1. The molecule has 0 saturated carbocycles. The number of carbonyl (C=O) groups excluding carboxylic acids is 2. The average molecular weight is 299 g/mol. The topological polar surface area (TPSA) is 98.7 Å². The quantitative estimate of drug-likeness (QED) is 0.674. The van der Waals surface area contributed by atoms with E-state index in [9.17, 15) is 19.5 Å². The molecule has 0 radical (unpaired) electrons. The number of amides is 3. The lowest BCUT2D eigenvalue weighted by atomic mass is 9.93. The normalized spacial score (nSPS) is 22.3. The molecule has 0 aromatic rings. The van der Waals surface area contributed by atoms with E-state index in [4.69, 9.17) is 0 Å². The minimum atomic E-state index is -0.980. The largest absolute Gasteiger partial charge is 0.480 e. The van der Waals surface area contributed by atoms with Crippen LogP contribution in [0.2, 0.25) is 0 Å². The lowest BCUT2D eigenvalue weighted by molar-refractivity contribution is -0.150. The SMILES string of the molecule is CCC1(C(=O)O)CCCN1CC(=O)NC(=O)NCC(C)C. The third-order valence-corrected chi connectivity index (χ3v) is 3.86. The van der Waals surface area contributed by atoms with Crippen LogP contribution in [0.5, 0.6) is 0 Å². The van der Waals surface area contributed by atoms with Crippen molar-refractivity contribution in [3.05, 3.63) is 0 Å². The zero-order chi connectivity index (χ0) is 16.0. The van der Waals surface area contributed by atoms with E-state index in [-0.39, 0.29) is 6.54 Å². The van der Waals surface area contributed by atoms with Crippen LogP contribution >= 0.6 is 0 Å². The fourth-order valence-corrected chi connectivity index (χ4v) is 2.64. The molecule has 1 rings (SSSR count). The second-order valence-electron chi connectivity index (χ2n) is 5.87. The summed E-state index contributed by atoms with van der Waals surface area (Å²) in [5, 5.41) is 14.3. The molecule has 1 saturated heterocycles. The smallest absolute Gasteiger partial charge is 0.324 e. The summed E-state index contributed by atoms with van der Waals surface area (Å²) in [5.41, 5.74) is -0.980. The Hall–Kier alpha value is -1.63. The van der Waals surface area contributed by atoms with Gasteiger partial charge in [0, 0.05) is 6.54 Å². The molecule has 1 fully saturated rings. The first-order valence-corrected chi connectivity index (χ1v) is 7.38. The lowest BCUT2D eigenvalue weighted by Crippen LogP contribution is -2.54. The second kappa shape index (κ2) is 7.40. The predicted octanol–water partition coefficient (Wildman–Crippen LogP) is 0.797. The Morgan fingerprint density at radius 1 is 1.33 bits per heavy atom. The lowest BCUT2D eigenvalue weighted by Gasteiger charge is -2.33. The van der Waals surface area contributed by atoms with Gasteiger partial charge in [-0.05, 0) is 31.7 Å². The van der Waals surface area contributed by atoms with Crippen LogP contribution in [0.25, 0.3) is 0 Å². The number of nitrogens with zero attached hydrogens (tertiary/aromatic N) is 1. The van der Waals surface area contributed by atoms with Gasteiger partial charge in [0.2, 0.25) is 5.91 Å². The van der Waals surface area contributed by atoms with Crippen molar-refractivity contribution in [1.29, 1.82) is 0 Å². The highest BCUT2D eigenvalue weighted by molar-refractivity contribution is 5.95. The summed E-state index contributed by atoms with van der Waals surface area (Å²) in [6.45, 7) is 6.68. The number of hydrogen-bond donors (Lipinski definition) is 3. The Bertz CT molecular complexity index is 411. The van der Waals surface area contributed by atoms with Gasteiger partial charge in [0.25, 0.3) is 0 Å². The van der Waals surface area contributed by atoms with Gasteiger partial charge in [-0.1, -0.05) is 20.8 Å². The highest BCUT2D eigenvalue weighted by atomic mass is 16.4. The zero-order valence-electron chi connectivity index (χ0n) is 12.9. The summed E-state index contributed by atoms with van der Waals surface area (Å²) >= 11 is 0. The van der Waals surface area contributed by atoms with Crippen molar-refractivity contribution in [2.24, 2.45) is 5.92 Å². The van der Waals surface area contributed by atoms with Gasteiger partial charge in [0.15, 0.2) is 0 Å². The molecule has 3 N–H and O–H groups in total. The van der Waals surface area contributed by atoms with Crippen LogP contribution < -0.4 is 10.6 Å². The van der Waals surface area contributed by atoms with Gasteiger partial charge in [-0.2, -0.15) is 0 Å². The molecule has 0 aromatic heterocycles. The molecule has 7 heteroatoms. The van der Waals surface area contributed by atoms with E-state index in [1.54, 1.807) is 11.8 Å². The fourth-order valence-electron chi connectivity index (χ4n) is 2.64. The van der Waals surface area contributed by atoms with Crippen LogP contribution in [0.4, 0.5) is 4.79 Å². The summed E-state index contributed by atoms with van der Waals surface area (Å²) in [4.78, 5) is 36.5. The van der Waals surface area contributed by atoms with E-state index in [1.807, 2.05) is 13.8 Å². The van der Waals surface area contributed by atoms with Gasteiger partial charge in [-0.15, -0.1) is 0 Å². The highest BCUT2D eigenvalue weighted by Gasteiger charge is 2.46. The molecule has 1 unspecified atom stereocenters. The van der Waals surface area contributed by atoms with Crippen LogP contribution in [-0.4, -0.2) is 53.1 Å². The van der Waals surface area contributed by atoms with Gasteiger partial charge in [0.05, 0.1) is 6.54 Å². The van der Waals surface area contributed by atoms with Crippen molar-refractivity contribution >= 4 is 17.9 Å². The highest BCUT2D eigenvalue weighted by Crippen LogP contribution is 2.32. The molecular formula is C14H25N3O4. The molecular weight excluding hydrogens is 274 g/mol. The van der Waals surface area contributed by atoms with Crippen LogP contribution in [0.1, 0.15) is 40.0 Å². The maximum atomic E-state index is 11.9. The van der Waals surface area contributed by atoms with E-state index >= 15 is 0 Å². The van der Waals surface area contributed by atoms with Gasteiger partial charge in [-0.3, -0.25) is 19.8 Å². The van der Waals surface area contributed by atoms with Gasteiger partial charge in [0.1, 0.15) is 5.54 Å². The Labute approximate surface area is 125 Å². The zero-order valence-corrected chi connectivity index (χ0v) is 12.9. The molecule has 0 aromatic carbocycles. The number of aliphatic carboxylic acids is 1. The summed E-state index contributed by atoms with van der Waals surface area (Å²) < 4.78 is 0. The number of carboxylic acid groups (broad SMARTS) is 1. The van der Waals surface area contributed by atoms with Crippen LogP contribution in [0, 0.1) is 5.92 Å². The van der Waals surface area contributed by atoms with Gasteiger partial charge in [-0.25, -0.2) is 4.79 Å². The van der Waals surface area contributed by atoms with E-state index in [0.717, 1.165) is 6.42 Å². The number of carbonyl (C=O) groups is 3. The molecule has 3 amide bonds. The summed E-state index contributed by atoms with van der Waals surface area (Å²) in [6.07, 6.45) is 1.72. The third-order valence-electron chi connectivity index (χ3n) is 3.86. The van der Waals surface area contributed by atoms with Crippen LogP contribution in [-0.2, 0) is 9.59 Å². The van der Waals surface area contributed by atoms with Crippen molar-refractivity contribution in [3.63, 3.8) is 0 Å². The van der Waals surface area contributed by atoms with Crippen molar-refractivity contribution in [2.75, 3.05) is 19.6 Å². The number of carboxylic acids is 1. The Kier molecular flexibility index (Phi) is 6.14. The molecule has 120 valence electrons. The summed E-state index contributed by atoms with van der Waals surface area (Å²) in [5.74, 6) is -1.08. The molecule has 21 heavy (non-hydrogen) atoms. The summed E-state index contributed by atoms with van der Waals surface area (Å²) in [7, 11) is 0. The van der Waals surface area contributed by atoms with Crippen LogP contribution in [0.15, 0.2) is 0 Å². The number of rotatable bonds is 6. The number of imide groups is 1. The van der Waals surface area contributed by atoms with E-state index in [1.165, 1.54) is 0 Å². The van der Waals surface area contributed by atoms with Crippen molar-refractivity contribution < 1.29 is 19.5 Å². The molecule has 0 spiro atoms. The number of nitrogens with one attached hydrogen (secondary N) is 2. The molecule has 1 aliphatic rings. The van der Waals surface area contributed by atoms with Crippen molar-refractivity contribution in [3.8, 4) is 0 Å². The Balaban J connectivity index is 2.54. The van der Waals surface area contributed by atoms with E-state index < -0.39 is 23.4 Å². The van der Waals surface area contributed by atoms with E-state index in [0.29, 0.717) is 31.8 Å². The Morgan fingerprint density at radius 2 is 2.00 bits per heavy atom. The first-order chi connectivity index (χ1) is 9.81. The molecule has 0 aliphatic carbocycles. The number of hydrogen-bond acceptors (Lipinski definition) is 4. The first kappa shape index (κ1) is 17.4. The van der Waals surface area contributed by atoms with Crippen molar-refractivity contribution in [2.45, 2.75) is 45.6 Å². The number of urea groups is 1. The first-order valence-electron chi connectivity index (χ1n) is 7.38. The fraction of sp³-hybridized carbons (Fsp3) is 0.786. The average Bonchev–Trinajstić information content (AvgIpc) is 2.80. The Morgan fingerprint density at radius 3 is 2.52 bits per heavy atom. The minimum absolute atomic E-state index is 0.0742. The molecule has 7 nitrogen and oxygen atoms in total. The third kappa shape index (κ3) is 4.42. The molecule has 1 heterocycles. The van der Waals surface area contributed by atoms with Crippen LogP contribution in [0.3, 0.4) is 0 Å². The maximum absolute atomic E-state index is 11.9. The van der Waals surface area contributed by atoms with Crippen molar-refractivity contribution in [1.82, 2.24) is 15.5 Å². The maximum Gasteiger partial charge on any atom is 0.324 e. The molecule has 0 bridgehead atoms.